The summed E-state index contributed by atoms with van der Waals surface area (Å²) in [6.07, 6.45) is 0. The normalized spacial score (nSPS) is 12.8. The number of carbonyl (C=O) groups excluding carboxylic acids is 1. The molecule has 0 aromatic heterocycles. The molecule has 104 valence electrons. The predicted molar refractivity (Wildman–Crippen MR) is 71.8 cm³/mol. The van der Waals surface area contributed by atoms with E-state index in [0.29, 0.717) is 0 Å². The summed E-state index contributed by atoms with van der Waals surface area (Å²) < 4.78 is 24.6. The minimum absolute atomic E-state index is 0.176. The minimum atomic E-state index is -3.92. The molecule has 2 N–H and O–H groups in total. The van der Waals surface area contributed by atoms with Gasteiger partial charge in [0.05, 0.1) is 10.5 Å². The van der Waals surface area contributed by atoms with Crippen LogP contribution in [0.1, 0.15) is 17.3 Å². The monoisotopic (exact) mass is 349 g/mol. The van der Waals surface area contributed by atoms with Crippen LogP contribution in [-0.4, -0.2) is 37.7 Å². The molecule has 0 saturated heterocycles. The number of sulfone groups is 1. The van der Waals surface area contributed by atoms with E-state index in [9.17, 15) is 18.0 Å². The molecule has 1 rings (SSSR count). The zero-order valence-electron chi connectivity index (χ0n) is 10.2. The minimum Gasteiger partial charge on any atom is -0.478 e. The second kappa shape index (κ2) is 5.70. The molecule has 0 aliphatic rings. The molecule has 1 amide bonds. The highest BCUT2D eigenvalue weighted by Crippen LogP contribution is 2.23. The van der Waals surface area contributed by atoms with E-state index in [1.54, 1.807) is 0 Å². The first kappa shape index (κ1) is 15.6. The number of carbonyl (C=O) groups is 2. The average molecular weight is 350 g/mol. The van der Waals surface area contributed by atoms with E-state index < -0.39 is 27.0 Å². The number of rotatable bonds is 4. The molecule has 1 unspecified atom stereocenters. The first-order valence-electron chi connectivity index (χ1n) is 5.20. The molecule has 19 heavy (non-hydrogen) atoms. The number of halogens is 1. The van der Waals surface area contributed by atoms with Crippen LogP contribution < -0.4 is 5.32 Å². The number of benzene rings is 1. The van der Waals surface area contributed by atoms with Gasteiger partial charge in [-0.2, -0.15) is 0 Å². The van der Waals surface area contributed by atoms with Gasteiger partial charge in [0, 0.05) is 11.5 Å². The number of amides is 1. The largest absolute Gasteiger partial charge is 0.478 e. The zero-order valence-corrected chi connectivity index (χ0v) is 12.6. The molecule has 0 saturated carbocycles. The maximum Gasteiger partial charge on any atom is 0.336 e. The summed E-state index contributed by atoms with van der Waals surface area (Å²) >= 11 is 3.02. The fourth-order valence-electron chi connectivity index (χ4n) is 1.39. The Morgan fingerprint density at radius 2 is 1.95 bits per heavy atom. The molecule has 0 aliphatic heterocycles. The molecule has 0 fully saturated rings. The summed E-state index contributed by atoms with van der Waals surface area (Å²) in [4.78, 5) is 22.2. The van der Waals surface area contributed by atoms with E-state index in [1.165, 1.54) is 26.1 Å². The Morgan fingerprint density at radius 1 is 1.37 bits per heavy atom. The number of nitrogens with one attached hydrogen (secondary N) is 1. The molecular formula is C11H12BrNO5S. The number of hydrogen-bond acceptors (Lipinski definition) is 4. The number of aromatic carboxylic acids is 1. The summed E-state index contributed by atoms with van der Waals surface area (Å²) in [7, 11) is -2.59. The van der Waals surface area contributed by atoms with Gasteiger partial charge in [0.25, 0.3) is 0 Å². The second-order valence-corrected chi connectivity index (χ2v) is 6.87. The third-order valence-corrected chi connectivity index (χ3v) is 5.33. The SMILES string of the molecule is CNC(=O)C(C)S(=O)(=O)c1ccc(Br)c(C(=O)O)c1. The van der Waals surface area contributed by atoms with Gasteiger partial charge in [0.2, 0.25) is 5.91 Å². The molecule has 0 heterocycles. The van der Waals surface area contributed by atoms with Gasteiger partial charge in [-0.05, 0) is 41.1 Å². The van der Waals surface area contributed by atoms with Crippen molar-refractivity contribution in [3.63, 3.8) is 0 Å². The Labute approximate surface area is 118 Å². The molecule has 0 spiro atoms. The fourth-order valence-corrected chi connectivity index (χ4v) is 3.16. The smallest absolute Gasteiger partial charge is 0.336 e. The van der Waals surface area contributed by atoms with Crippen LogP contribution >= 0.6 is 15.9 Å². The van der Waals surface area contributed by atoms with Gasteiger partial charge in [-0.15, -0.1) is 0 Å². The van der Waals surface area contributed by atoms with Gasteiger partial charge < -0.3 is 10.4 Å². The first-order chi connectivity index (χ1) is 8.71. The molecule has 8 heteroatoms. The lowest BCUT2D eigenvalue weighted by molar-refractivity contribution is -0.119. The second-order valence-electron chi connectivity index (χ2n) is 3.75. The standard InChI is InChI=1S/C11H12BrNO5S/c1-6(10(14)13-2)19(17,18)7-3-4-9(12)8(5-7)11(15)16/h3-6H,1-2H3,(H,13,14)(H,15,16). The van der Waals surface area contributed by atoms with Crippen LogP contribution in [-0.2, 0) is 14.6 Å². The molecule has 0 radical (unpaired) electrons. The van der Waals surface area contributed by atoms with Crippen molar-refractivity contribution in [2.75, 3.05) is 7.05 Å². The lowest BCUT2D eigenvalue weighted by Gasteiger charge is -2.12. The summed E-state index contributed by atoms with van der Waals surface area (Å²) in [5.41, 5.74) is -0.176. The maximum atomic E-state index is 12.1. The summed E-state index contributed by atoms with van der Waals surface area (Å²) in [5, 5.41) is 9.90. The zero-order chi connectivity index (χ0) is 14.8. The van der Waals surface area contributed by atoms with E-state index in [0.717, 1.165) is 6.07 Å². The molecule has 1 atom stereocenters. The average Bonchev–Trinajstić information content (AvgIpc) is 2.36. The van der Waals surface area contributed by atoms with Gasteiger partial charge >= 0.3 is 5.97 Å². The van der Waals surface area contributed by atoms with Gasteiger partial charge in [-0.3, -0.25) is 4.79 Å². The van der Waals surface area contributed by atoms with Gasteiger partial charge in [-0.1, -0.05) is 0 Å². The lowest BCUT2D eigenvalue weighted by Crippen LogP contribution is -2.35. The van der Waals surface area contributed by atoms with E-state index >= 15 is 0 Å². The fraction of sp³-hybridized carbons (Fsp3) is 0.273. The van der Waals surface area contributed by atoms with Crippen LogP contribution in [0.15, 0.2) is 27.6 Å². The van der Waals surface area contributed by atoms with Gasteiger partial charge in [0.1, 0.15) is 5.25 Å². The predicted octanol–water partition coefficient (Wildman–Crippen LogP) is 1.06. The Hall–Kier alpha value is -1.41. The molecule has 0 aliphatic carbocycles. The highest BCUT2D eigenvalue weighted by molar-refractivity contribution is 9.10. The number of carboxylic acid groups (broad SMARTS) is 1. The number of hydrogen-bond donors (Lipinski definition) is 2. The van der Waals surface area contributed by atoms with Crippen molar-refractivity contribution in [3.05, 3.63) is 28.2 Å². The van der Waals surface area contributed by atoms with Crippen molar-refractivity contribution in [1.82, 2.24) is 5.32 Å². The molecule has 0 bridgehead atoms. The first-order valence-corrected chi connectivity index (χ1v) is 7.54. The van der Waals surface area contributed by atoms with Crippen molar-refractivity contribution in [1.29, 1.82) is 0 Å². The van der Waals surface area contributed by atoms with Gasteiger partial charge in [0.15, 0.2) is 9.84 Å². The molecule has 1 aromatic carbocycles. The Kier molecular flexibility index (Phi) is 4.70. The third-order valence-electron chi connectivity index (χ3n) is 2.58. The van der Waals surface area contributed by atoms with Crippen LogP contribution in [0.5, 0.6) is 0 Å². The van der Waals surface area contributed by atoms with Crippen LogP contribution in [0.4, 0.5) is 0 Å². The topological polar surface area (TPSA) is 101 Å². The van der Waals surface area contributed by atoms with E-state index in [2.05, 4.69) is 21.2 Å². The van der Waals surface area contributed by atoms with Crippen LogP contribution in [0.25, 0.3) is 0 Å². The van der Waals surface area contributed by atoms with Crippen molar-refractivity contribution < 1.29 is 23.1 Å². The van der Waals surface area contributed by atoms with Crippen molar-refractivity contribution in [2.45, 2.75) is 17.1 Å². The van der Waals surface area contributed by atoms with Crippen LogP contribution in [0.2, 0.25) is 0 Å². The maximum absolute atomic E-state index is 12.1. The molecule has 6 nitrogen and oxygen atoms in total. The Morgan fingerprint density at radius 3 is 2.42 bits per heavy atom. The third kappa shape index (κ3) is 3.13. The summed E-state index contributed by atoms with van der Waals surface area (Å²) in [5.74, 6) is -1.91. The Balaban J connectivity index is 3.34. The molecular weight excluding hydrogens is 338 g/mol. The Bertz CT molecular complexity index is 626. The van der Waals surface area contributed by atoms with Crippen LogP contribution in [0, 0.1) is 0 Å². The summed E-state index contributed by atoms with van der Waals surface area (Å²) in [6, 6.07) is 3.61. The van der Waals surface area contributed by atoms with Crippen LogP contribution in [0.3, 0.4) is 0 Å². The van der Waals surface area contributed by atoms with Crippen molar-refractivity contribution >= 4 is 37.6 Å². The van der Waals surface area contributed by atoms with E-state index in [1.807, 2.05) is 0 Å². The number of carboxylic acids is 1. The summed E-state index contributed by atoms with van der Waals surface area (Å²) in [6.45, 7) is 1.25. The van der Waals surface area contributed by atoms with E-state index in [-0.39, 0.29) is 14.9 Å². The highest BCUT2D eigenvalue weighted by Gasteiger charge is 2.29. The van der Waals surface area contributed by atoms with Crippen molar-refractivity contribution in [2.24, 2.45) is 0 Å². The van der Waals surface area contributed by atoms with Crippen molar-refractivity contribution in [3.8, 4) is 0 Å². The van der Waals surface area contributed by atoms with E-state index in [4.69, 9.17) is 5.11 Å². The van der Waals surface area contributed by atoms with Gasteiger partial charge in [-0.25, -0.2) is 13.2 Å². The quantitative estimate of drug-likeness (QED) is 0.846. The molecule has 1 aromatic rings. The lowest BCUT2D eigenvalue weighted by atomic mass is 10.2. The highest BCUT2D eigenvalue weighted by atomic mass is 79.9.